The highest BCUT2D eigenvalue weighted by molar-refractivity contribution is 8.01. The van der Waals surface area contributed by atoms with Crippen LogP contribution in [-0.4, -0.2) is 21.1 Å². The molecule has 0 saturated heterocycles. The predicted octanol–water partition coefficient (Wildman–Crippen LogP) is 3.80. The van der Waals surface area contributed by atoms with E-state index in [1.165, 1.54) is 28.7 Å². The highest BCUT2D eigenvalue weighted by Gasteiger charge is 2.02. The summed E-state index contributed by atoms with van der Waals surface area (Å²) in [6.07, 6.45) is 4.87. The third kappa shape index (κ3) is 4.23. The van der Waals surface area contributed by atoms with Crippen molar-refractivity contribution in [3.8, 4) is 0 Å². The molecule has 3 aromatic rings. The smallest absolute Gasteiger partial charge is 0.248 e. The van der Waals surface area contributed by atoms with Crippen LogP contribution in [0.1, 0.15) is 5.01 Å². The van der Waals surface area contributed by atoms with Crippen molar-refractivity contribution in [3.05, 3.63) is 52.4 Å². The quantitative estimate of drug-likeness (QED) is 0.712. The number of hydrogen-bond acceptors (Lipinski definition) is 7. The van der Waals surface area contributed by atoms with Crippen molar-refractivity contribution in [2.75, 3.05) is 5.32 Å². The van der Waals surface area contributed by atoms with Crippen LogP contribution in [-0.2, 0) is 4.79 Å². The van der Waals surface area contributed by atoms with E-state index in [1.807, 2.05) is 29.6 Å². The summed E-state index contributed by atoms with van der Waals surface area (Å²) >= 11 is 4.52. The number of benzene rings is 1. The number of amides is 1. The Morgan fingerprint density at radius 1 is 1.23 bits per heavy atom. The van der Waals surface area contributed by atoms with Gasteiger partial charge in [0, 0.05) is 28.2 Å². The van der Waals surface area contributed by atoms with Crippen LogP contribution in [0.15, 0.2) is 56.7 Å². The van der Waals surface area contributed by atoms with Gasteiger partial charge >= 0.3 is 0 Å². The molecule has 1 N–H and O–H groups in total. The number of carbonyl (C=O) groups is 1. The summed E-state index contributed by atoms with van der Waals surface area (Å²) in [6, 6.07) is 7.59. The van der Waals surface area contributed by atoms with Crippen LogP contribution < -0.4 is 5.32 Å². The Morgan fingerprint density at radius 2 is 2.09 bits per heavy atom. The molecule has 2 heterocycles. The Bertz CT molecular complexity index is 752. The van der Waals surface area contributed by atoms with Gasteiger partial charge in [-0.25, -0.2) is 4.98 Å². The van der Waals surface area contributed by atoms with Gasteiger partial charge in [-0.05, 0) is 30.3 Å². The number of carbonyl (C=O) groups excluding carboxylic acids is 1. The Labute approximate surface area is 139 Å². The van der Waals surface area contributed by atoms with Crippen molar-refractivity contribution in [2.45, 2.75) is 9.24 Å². The van der Waals surface area contributed by atoms with Crippen LogP contribution in [0.4, 0.5) is 5.69 Å². The number of rotatable bonds is 5. The standard InChI is InChI=1S/C14H10N4OS3/c19-12(5-6-13-15-7-8-20-13)17-10-1-3-11(4-2-10)22-14-18-16-9-21-14/h1-9H,(H,17,19)/b6-5+. The molecule has 0 fully saturated rings. The molecule has 0 radical (unpaired) electrons. The number of thiazole rings is 1. The van der Waals surface area contributed by atoms with Crippen LogP contribution >= 0.6 is 34.4 Å². The van der Waals surface area contributed by atoms with Crippen molar-refractivity contribution >= 4 is 52.1 Å². The average molecular weight is 346 g/mol. The lowest BCUT2D eigenvalue weighted by molar-refractivity contribution is -0.111. The molecule has 5 nitrogen and oxygen atoms in total. The Hall–Kier alpha value is -2.03. The number of nitrogens with one attached hydrogen (secondary N) is 1. The van der Waals surface area contributed by atoms with E-state index in [2.05, 4.69) is 20.5 Å². The molecule has 8 heteroatoms. The maximum atomic E-state index is 11.8. The van der Waals surface area contributed by atoms with E-state index in [0.717, 1.165) is 19.9 Å². The normalized spacial score (nSPS) is 10.9. The van der Waals surface area contributed by atoms with Crippen LogP contribution in [0.3, 0.4) is 0 Å². The first-order valence-corrected chi connectivity index (χ1v) is 8.80. The average Bonchev–Trinajstić information content (AvgIpc) is 3.20. The minimum absolute atomic E-state index is 0.181. The first-order chi connectivity index (χ1) is 10.8. The highest BCUT2D eigenvalue weighted by Crippen LogP contribution is 2.29. The molecule has 0 atom stereocenters. The van der Waals surface area contributed by atoms with Crippen LogP contribution in [0.5, 0.6) is 0 Å². The van der Waals surface area contributed by atoms with E-state index >= 15 is 0 Å². The van der Waals surface area contributed by atoms with E-state index in [1.54, 1.807) is 29.5 Å². The van der Waals surface area contributed by atoms with E-state index in [0.29, 0.717) is 0 Å². The first kappa shape index (κ1) is 14.9. The third-order valence-electron chi connectivity index (χ3n) is 2.50. The van der Waals surface area contributed by atoms with Gasteiger partial charge < -0.3 is 5.32 Å². The van der Waals surface area contributed by atoms with Crippen molar-refractivity contribution in [1.82, 2.24) is 15.2 Å². The molecular weight excluding hydrogens is 336 g/mol. The fraction of sp³-hybridized carbons (Fsp3) is 0. The lowest BCUT2D eigenvalue weighted by Gasteiger charge is -2.03. The lowest BCUT2D eigenvalue weighted by Crippen LogP contribution is -2.07. The van der Waals surface area contributed by atoms with E-state index in [9.17, 15) is 4.79 Å². The summed E-state index contributed by atoms with van der Waals surface area (Å²) in [5.41, 5.74) is 2.45. The van der Waals surface area contributed by atoms with Gasteiger partial charge in [-0.1, -0.05) is 23.1 Å². The monoisotopic (exact) mass is 346 g/mol. The summed E-state index contributed by atoms with van der Waals surface area (Å²) in [6.45, 7) is 0. The summed E-state index contributed by atoms with van der Waals surface area (Å²) in [5, 5.41) is 13.3. The Morgan fingerprint density at radius 3 is 2.77 bits per heavy atom. The van der Waals surface area contributed by atoms with E-state index in [4.69, 9.17) is 0 Å². The minimum atomic E-state index is -0.181. The SMILES string of the molecule is O=C(/C=C/c1nccs1)Nc1ccc(Sc2nncs2)cc1. The van der Waals surface area contributed by atoms with E-state index in [-0.39, 0.29) is 5.91 Å². The van der Waals surface area contributed by atoms with Crippen LogP contribution in [0.2, 0.25) is 0 Å². The molecule has 0 saturated carbocycles. The maximum Gasteiger partial charge on any atom is 0.248 e. The highest BCUT2D eigenvalue weighted by atomic mass is 32.2. The maximum absolute atomic E-state index is 11.8. The van der Waals surface area contributed by atoms with Gasteiger partial charge in [-0.15, -0.1) is 21.5 Å². The second-order valence-corrected chi connectivity index (χ2v) is 7.10. The van der Waals surface area contributed by atoms with Crippen LogP contribution in [0, 0.1) is 0 Å². The zero-order valence-electron chi connectivity index (χ0n) is 11.2. The van der Waals surface area contributed by atoms with Gasteiger partial charge in [-0.2, -0.15) is 0 Å². The molecule has 0 bridgehead atoms. The fourth-order valence-electron chi connectivity index (χ4n) is 1.56. The summed E-state index contributed by atoms with van der Waals surface area (Å²) < 4.78 is 0.892. The summed E-state index contributed by atoms with van der Waals surface area (Å²) in [4.78, 5) is 16.9. The van der Waals surface area contributed by atoms with Gasteiger partial charge in [0.25, 0.3) is 0 Å². The summed E-state index contributed by atoms with van der Waals surface area (Å²) in [7, 11) is 0. The molecule has 0 aliphatic rings. The first-order valence-electron chi connectivity index (χ1n) is 6.22. The van der Waals surface area contributed by atoms with Gasteiger partial charge in [0.2, 0.25) is 5.91 Å². The number of nitrogens with zero attached hydrogens (tertiary/aromatic N) is 3. The molecule has 1 amide bonds. The predicted molar refractivity (Wildman–Crippen MR) is 90.3 cm³/mol. The van der Waals surface area contributed by atoms with Crippen molar-refractivity contribution in [1.29, 1.82) is 0 Å². The molecule has 0 spiro atoms. The van der Waals surface area contributed by atoms with Gasteiger partial charge in [0.15, 0.2) is 4.34 Å². The number of hydrogen-bond donors (Lipinski definition) is 1. The van der Waals surface area contributed by atoms with Crippen LogP contribution in [0.25, 0.3) is 6.08 Å². The Balaban J connectivity index is 1.57. The molecule has 110 valence electrons. The topological polar surface area (TPSA) is 67.8 Å². The second-order valence-electron chi connectivity index (χ2n) is 4.02. The second kappa shape index (κ2) is 7.30. The molecule has 3 rings (SSSR count). The zero-order chi connectivity index (χ0) is 15.2. The van der Waals surface area contributed by atoms with Crippen molar-refractivity contribution < 1.29 is 4.79 Å². The van der Waals surface area contributed by atoms with Crippen molar-refractivity contribution in [3.63, 3.8) is 0 Å². The summed E-state index contributed by atoms with van der Waals surface area (Å²) in [5.74, 6) is -0.181. The number of anilines is 1. The van der Waals surface area contributed by atoms with Gasteiger partial charge in [-0.3, -0.25) is 4.79 Å². The largest absolute Gasteiger partial charge is 0.323 e. The molecule has 22 heavy (non-hydrogen) atoms. The lowest BCUT2D eigenvalue weighted by atomic mass is 10.3. The molecule has 0 aliphatic heterocycles. The van der Waals surface area contributed by atoms with E-state index < -0.39 is 0 Å². The fourth-order valence-corrected chi connectivity index (χ4v) is 3.54. The van der Waals surface area contributed by atoms with Crippen molar-refractivity contribution in [2.24, 2.45) is 0 Å². The molecule has 0 unspecified atom stereocenters. The molecule has 1 aromatic carbocycles. The molecule has 2 aromatic heterocycles. The minimum Gasteiger partial charge on any atom is -0.323 e. The Kier molecular flexibility index (Phi) is 4.94. The molecular formula is C14H10N4OS3. The third-order valence-corrected chi connectivity index (χ3v) is 5.02. The molecule has 0 aliphatic carbocycles. The van der Waals surface area contributed by atoms with Gasteiger partial charge in [0.1, 0.15) is 10.5 Å². The van der Waals surface area contributed by atoms with Gasteiger partial charge in [0.05, 0.1) is 0 Å². The zero-order valence-corrected chi connectivity index (χ0v) is 13.6. The number of aromatic nitrogens is 3.